The predicted octanol–water partition coefficient (Wildman–Crippen LogP) is 1.66. The lowest BCUT2D eigenvalue weighted by Gasteiger charge is -2.27. The van der Waals surface area contributed by atoms with Crippen molar-refractivity contribution in [2.75, 3.05) is 30.9 Å². The molecule has 17 heavy (non-hydrogen) atoms. The van der Waals surface area contributed by atoms with Gasteiger partial charge in [0.2, 0.25) is 5.91 Å². The summed E-state index contributed by atoms with van der Waals surface area (Å²) in [7, 11) is 1.78. The second kappa shape index (κ2) is 5.19. The van der Waals surface area contributed by atoms with Gasteiger partial charge in [0, 0.05) is 26.2 Å². The van der Waals surface area contributed by atoms with E-state index in [9.17, 15) is 4.79 Å². The molecule has 0 spiro atoms. The van der Waals surface area contributed by atoms with Crippen molar-refractivity contribution in [2.24, 2.45) is 5.92 Å². The van der Waals surface area contributed by atoms with Gasteiger partial charge in [-0.2, -0.15) is 0 Å². The number of para-hydroxylation sites is 2. The standard InChI is InChI=1S/C13H18N2O2/c1-15(12-5-3-2-4-11(12)14)13(16)10-6-8-17-9-7-10/h2-5,10H,6-9,14H2,1H3. The Labute approximate surface area is 101 Å². The fraction of sp³-hybridized carbons (Fsp3) is 0.462. The van der Waals surface area contributed by atoms with Crippen molar-refractivity contribution in [3.05, 3.63) is 24.3 Å². The van der Waals surface area contributed by atoms with Gasteiger partial charge in [0.15, 0.2) is 0 Å². The quantitative estimate of drug-likeness (QED) is 0.792. The van der Waals surface area contributed by atoms with E-state index < -0.39 is 0 Å². The normalized spacial score (nSPS) is 16.8. The molecule has 0 aliphatic carbocycles. The van der Waals surface area contributed by atoms with Crippen LogP contribution in [0.1, 0.15) is 12.8 Å². The minimum absolute atomic E-state index is 0.0633. The molecule has 0 aromatic heterocycles. The van der Waals surface area contributed by atoms with Crippen LogP contribution in [-0.2, 0) is 9.53 Å². The van der Waals surface area contributed by atoms with E-state index in [0.29, 0.717) is 18.9 Å². The van der Waals surface area contributed by atoms with E-state index in [1.54, 1.807) is 11.9 Å². The van der Waals surface area contributed by atoms with E-state index in [0.717, 1.165) is 18.5 Å². The molecule has 0 saturated carbocycles. The summed E-state index contributed by atoms with van der Waals surface area (Å²) in [6.07, 6.45) is 1.60. The number of amides is 1. The molecule has 1 saturated heterocycles. The van der Waals surface area contributed by atoms with Gasteiger partial charge < -0.3 is 15.4 Å². The minimum atomic E-state index is 0.0633. The van der Waals surface area contributed by atoms with Gasteiger partial charge in [0.05, 0.1) is 11.4 Å². The lowest BCUT2D eigenvalue weighted by molar-refractivity contribution is -0.124. The van der Waals surface area contributed by atoms with Crippen molar-refractivity contribution in [3.63, 3.8) is 0 Å². The first kappa shape index (κ1) is 11.9. The van der Waals surface area contributed by atoms with E-state index in [1.165, 1.54) is 0 Å². The molecule has 0 bridgehead atoms. The number of nitrogens with two attached hydrogens (primary N) is 1. The Kier molecular flexibility index (Phi) is 3.64. The van der Waals surface area contributed by atoms with Crippen molar-refractivity contribution >= 4 is 17.3 Å². The Morgan fingerprint density at radius 2 is 2.00 bits per heavy atom. The van der Waals surface area contributed by atoms with E-state index in [-0.39, 0.29) is 11.8 Å². The molecule has 0 atom stereocenters. The molecule has 0 radical (unpaired) electrons. The van der Waals surface area contributed by atoms with Gasteiger partial charge in [-0.1, -0.05) is 12.1 Å². The summed E-state index contributed by atoms with van der Waals surface area (Å²) < 4.78 is 5.26. The average Bonchev–Trinajstić information content (AvgIpc) is 2.39. The number of hydrogen-bond acceptors (Lipinski definition) is 3. The summed E-state index contributed by atoms with van der Waals surface area (Å²) >= 11 is 0. The highest BCUT2D eigenvalue weighted by Crippen LogP contribution is 2.25. The first-order valence-corrected chi connectivity index (χ1v) is 5.90. The van der Waals surface area contributed by atoms with Gasteiger partial charge in [0.1, 0.15) is 0 Å². The molecule has 2 rings (SSSR count). The Morgan fingerprint density at radius 1 is 1.35 bits per heavy atom. The molecular weight excluding hydrogens is 216 g/mol. The zero-order valence-corrected chi connectivity index (χ0v) is 10.1. The zero-order chi connectivity index (χ0) is 12.3. The summed E-state index contributed by atoms with van der Waals surface area (Å²) in [5.74, 6) is 0.194. The lowest BCUT2D eigenvalue weighted by Crippen LogP contribution is -2.36. The number of nitrogens with zero attached hydrogens (tertiary/aromatic N) is 1. The smallest absolute Gasteiger partial charge is 0.230 e. The Balaban J connectivity index is 2.11. The molecule has 1 aromatic rings. The largest absolute Gasteiger partial charge is 0.397 e. The van der Waals surface area contributed by atoms with Crippen molar-refractivity contribution in [3.8, 4) is 0 Å². The lowest BCUT2D eigenvalue weighted by atomic mass is 9.98. The highest BCUT2D eigenvalue weighted by molar-refractivity contribution is 5.97. The summed E-state index contributed by atoms with van der Waals surface area (Å²) in [4.78, 5) is 13.9. The number of carbonyl (C=O) groups excluding carboxylic acids is 1. The first-order valence-electron chi connectivity index (χ1n) is 5.90. The molecule has 4 heteroatoms. The van der Waals surface area contributed by atoms with Crippen molar-refractivity contribution in [2.45, 2.75) is 12.8 Å². The highest BCUT2D eigenvalue weighted by atomic mass is 16.5. The first-order chi connectivity index (χ1) is 8.20. The van der Waals surface area contributed by atoms with Gasteiger partial charge in [-0.15, -0.1) is 0 Å². The van der Waals surface area contributed by atoms with Crippen LogP contribution in [0.4, 0.5) is 11.4 Å². The molecule has 0 unspecified atom stereocenters. The summed E-state index contributed by atoms with van der Waals surface area (Å²) in [6.45, 7) is 1.35. The molecule has 2 N–H and O–H groups in total. The van der Waals surface area contributed by atoms with Gasteiger partial charge in [-0.3, -0.25) is 4.79 Å². The number of benzene rings is 1. The minimum Gasteiger partial charge on any atom is -0.397 e. The molecule has 1 fully saturated rings. The number of ether oxygens (including phenoxy) is 1. The van der Waals surface area contributed by atoms with Gasteiger partial charge >= 0.3 is 0 Å². The SMILES string of the molecule is CN(C(=O)C1CCOCC1)c1ccccc1N. The Morgan fingerprint density at radius 3 is 2.65 bits per heavy atom. The van der Waals surface area contributed by atoms with E-state index in [2.05, 4.69) is 0 Å². The second-order valence-corrected chi connectivity index (χ2v) is 4.34. The number of rotatable bonds is 2. The van der Waals surface area contributed by atoms with Crippen LogP contribution in [0.25, 0.3) is 0 Å². The third-order valence-electron chi connectivity index (χ3n) is 3.20. The maximum absolute atomic E-state index is 12.3. The third kappa shape index (κ3) is 2.58. The number of hydrogen-bond donors (Lipinski definition) is 1. The van der Waals surface area contributed by atoms with E-state index in [1.807, 2.05) is 24.3 Å². The molecule has 1 amide bonds. The Hall–Kier alpha value is -1.55. The Bertz CT molecular complexity index is 400. The van der Waals surface area contributed by atoms with Gasteiger partial charge in [-0.05, 0) is 25.0 Å². The van der Waals surface area contributed by atoms with Crippen LogP contribution in [0.3, 0.4) is 0 Å². The van der Waals surface area contributed by atoms with E-state index in [4.69, 9.17) is 10.5 Å². The monoisotopic (exact) mass is 234 g/mol. The second-order valence-electron chi connectivity index (χ2n) is 4.34. The third-order valence-corrected chi connectivity index (χ3v) is 3.20. The van der Waals surface area contributed by atoms with Crippen LogP contribution in [-0.4, -0.2) is 26.2 Å². The summed E-state index contributed by atoms with van der Waals surface area (Å²) in [6, 6.07) is 7.43. The molecule has 4 nitrogen and oxygen atoms in total. The zero-order valence-electron chi connectivity index (χ0n) is 10.1. The van der Waals surface area contributed by atoms with Crippen LogP contribution in [0, 0.1) is 5.92 Å². The molecule has 1 aliphatic rings. The van der Waals surface area contributed by atoms with Crippen molar-refractivity contribution < 1.29 is 9.53 Å². The van der Waals surface area contributed by atoms with Crippen LogP contribution in [0.15, 0.2) is 24.3 Å². The van der Waals surface area contributed by atoms with Crippen LogP contribution in [0.2, 0.25) is 0 Å². The van der Waals surface area contributed by atoms with Gasteiger partial charge in [-0.25, -0.2) is 0 Å². The summed E-state index contributed by atoms with van der Waals surface area (Å²) in [5.41, 5.74) is 7.29. The average molecular weight is 234 g/mol. The van der Waals surface area contributed by atoms with Crippen molar-refractivity contribution in [1.29, 1.82) is 0 Å². The number of carbonyl (C=O) groups is 1. The van der Waals surface area contributed by atoms with Gasteiger partial charge in [0.25, 0.3) is 0 Å². The van der Waals surface area contributed by atoms with Crippen LogP contribution < -0.4 is 10.6 Å². The molecule has 92 valence electrons. The van der Waals surface area contributed by atoms with Crippen molar-refractivity contribution in [1.82, 2.24) is 0 Å². The molecular formula is C13H18N2O2. The fourth-order valence-electron chi connectivity index (χ4n) is 2.13. The fourth-order valence-corrected chi connectivity index (χ4v) is 2.13. The summed E-state index contributed by atoms with van der Waals surface area (Å²) in [5, 5.41) is 0. The maximum atomic E-state index is 12.3. The number of nitrogen functional groups attached to an aromatic ring is 1. The predicted molar refractivity (Wildman–Crippen MR) is 67.8 cm³/mol. The van der Waals surface area contributed by atoms with Crippen LogP contribution >= 0.6 is 0 Å². The maximum Gasteiger partial charge on any atom is 0.230 e. The molecule has 1 aliphatic heterocycles. The highest BCUT2D eigenvalue weighted by Gasteiger charge is 2.25. The number of anilines is 2. The topological polar surface area (TPSA) is 55.6 Å². The molecule has 1 heterocycles. The van der Waals surface area contributed by atoms with E-state index >= 15 is 0 Å². The van der Waals surface area contributed by atoms with Crippen LogP contribution in [0.5, 0.6) is 0 Å². The molecule has 1 aromatic carbocycles.